The molecule has 0 atom stereocenters. The maximum atomic E-state index is 9.18. The Kier molecular flexibility index (Phi) is 3.40. The Morgan fingerprint density at radius 2 is 1.65 bits per heavy atom. The van der Waals surface area contributed by atoms with E-state index in [1.807, 2.05) is 36.4 Å². The summed E-state index contributed by atoms with van der Waals surface area (Å²) < 4.78 is 5.42. The van der Waals surface area contributed by atoms with Crippen molar-refractivity contribution >= 4 is 10.8 Å². The molecule has 0 unspecified atom stereocenters. The molecule has 0 aliphatic heterocycles. The number of para-hydroxylation sites is 1. The third-order valence-corrected chi connectivity index (χ3v) is 3.51. The van der Waals surface area contributed by atoms with Gasteiger partial charge in [0.25, 0.3) is 0 Å². The molecule has 0 heterocycles. The highest BCUT2D eigenvalue weighted by Gasteiger charge is 2.05. The Morgan fingerprint density at radius 1 is 0.900 bits per heavy atom. The van der Waals surface area contributed by atoms with Crippen molar-refractivity contribution in [3.63, 3.8) is 0 Å². The number of rotatable bonds is 3. The van der Waals surface area contributed by atoms with Crippen molar-refractivity contribution in [1.82, 2.24) is 0 Å². The minimum Gasteiger partial charge on any atom is -0.496 e. The second-order valence-electron chi connectivity index (χ2n) is 4.75. The van der Waals surface area contributed by atoms with Gasteiger partial charge in [0.1, 0.15) is 5.75 Å². The van der Waals surface area contributed by atoms with Crippen LogP contribution in [0.4, 0.5) is 0 Å². The largest absolute Gasteiger partial charge is 0.496 e. The van der Waals surface area contributed by atoms with Crippen LogP contribution in [0.1, 0.15) is 5.56 Å². The van der Waals surface area contributed by atoms with Crippen molar-refractivity contribution in [3.8, 4) is 16.9 Å². The van der Waals surface area contributed by atoms with Crippen molar-refractivity contribution in [2.45, 2.75) is 6.61 Å². The van der Waals surface area contributed by atoms with Crippen molar-refractivity contribution in [2.75, 3.05) is 7.11 Å². The van der Waals surface area contributed by atoms with E-state index < -0.39 is 0 Å². The third-order valence-electron chi connectivity index (χ3n) is 3.51. The van der Waals surface area contributed by atoms with Crippen LogP contribution in [0.3, 0.4) is 0 Å². The minimum absolute atomic E-state index is 0.0736. The van der Waals surface area contributed by atoms with Crippen LogP contribution in [0.25, 0.3) is 21.9 Å². The first kappa shape index (κ1) is 12.7. The number of ether oxygens (including phenoxy) is 1. The van der Waals surface area contributed by atoms with Crippen LogP contribution in [0.15, 0.2) is 60.7 Å². The molecule has 1 N–H and O–H groups in total. The van der Waals surface area contributed by atoms with E-state index in [9.17, 15) is 5.11 Å². The Morgan fingerprint density at radius 3 is 2.45 bits per heavy atom. The molecule has 3 aromatic rings. The summed E-state index contributed by atoms with van der Waals surface area (Å²) in [4.78, 5) is 0. The third kappa shape index (κ3) is 2.26. The Bertz CT molecular complexity index is 747. The Hall–Kier alpha value is -2.32. The Labute approximate surface area is 118 Å². The molecule has 3 rings (SSSR count). The highest BCUT2D eigenvalue weighted by Crippen LogP contribution is 2.31. The van der Waals surface area contributed by atoms with E-state index in [1.165, 1.54) is 0 Å². The molecular formula is C18H16O2. The molecule has 100 valence electrons. The number of fused-ring (bicyclic) bond motifs is 1. The van der Waals surface area contributed by atoms with Crippen molar-refractivity contribution < 1.29 is 9.84 Å². The zero-order chi connectivity index (χ0) is 13.9. The van der Waals surface area contributed by atoms with Gasteiger partial charge in [-0.25, -0.2) is 0 Å². The average Bonchev–Trinajstić information content (AvgIpc) is 2.53. The van der Waals surface area contributed by atoms with E-state index in [-0.39, 0.29) is 6.61 Å². The number of aliphatic hydroxyl groups is 1. The lowest BCUT2D eigenvalue weighted by Gasteiger charge is -2.09. The van der Waals surface area contributed by atoms with Gasteiger partial charge in [0.2, 0.25) is 0 Å². The fraction of sp³-hybridized carbons (Fsp3) is 0.111. The molecule has 0 bridgehead atoms. The van der Waals surface area contributed by atoms with Gasteiger partial charge in [-0.1, -0.05) is 42.5 Å². The van der Waals surface area contributed by atoms with E-state index in [2.05, 4.69) is 24.3 Å². The summed E-state index contributed by atoms with van der Waals surface area (Å²) in [5.41, 5.74) is 3.15. The zero-order valence-corrected chi connectivity index (χ0v) is 11.3. The zero-order valence-electron chi connectivity index (χ0n) is 11.3. The standard InChI is InChI=1S/C18H16O2/c1-20-18-5-3-2-4-17(18)16-9-8-14-10-13(12-19)6-7-15(14)11-16/h2-11,19H,12H2,1H3. The highest BCUT2D eigenvalue weighted by molar-refractivity contribution is 5.88. The fourth-order valence-electron chi connectivity index (χ4n) is 2.44. The van der Waals surface area contributed by atoms with E-state index in [0.29, 0.717) is 0 Å². The van der Waals surface area contributed by atoms with Crippen LogP contribution < -0.4 is 4.74 Å². The second kappa shape index (κ2) is 5.35. The van der Waals surface area contributed by atoms with Gasteiger partial charge in [-0.15, -0.1) is 0 Å². The summed E-state index contributed by atoms with van der Waals surface area (Å²) >= 11 is 0. The molecule has 0 spiro atoms. The summed E-state index contributed by atoms with van der Waals surface area (Å²) in [5.74, 6) is 0.874. The minimum atomic E-state index is 0.0736. The quantitative estimate of drug-likeness (QED) is 0.774. The van der Waals surface area contributed by atoms with Crippen LogP contribution >= 0.6 is 0 Å². The maximum Gasteiger partial charge on any atom is 0.126 e. The smallest absolute Gasteiger partial charge is 0.126 e. The lowest BCUT2D eigenvalue weighted by atomic mass is 9.99. The molecule has 2 nitrogen and oxygen atoms in total. The predicted molar refractivity (Wildman–Crippen MR) is 81.9 cm³/mol. The molecule has 0 fully saturated rings. The van der Waals surface area contributed by atoms with Crippen molar-refractivity contribution in [3.05, 3.63) is 66.2 Å². The van der Waals surface area contributed by atoms with Crippen LogP contribution in [-0.2, 0) is 6.61 Å². The van der Waals surface area contributed by atoms with Gasteiger partial charge < -0.3 is 9.84 Å². The van der Waals surface area contributed by atoms with Gasteiger partial charge in [-0.05, 0) is 40.1 Å². The number of aliphatic hydroxyl groups excluding tert-OH is 1. The number of hydrogen-bond donors (Lipinski definition) is 1. The molecule has 0 aromatic heterocycles. The van der Waals surface area contributed by atoms with E-state index in [4.69, 9.17) is 4.74 Å². The second-order valence-corrected chi connectivity index (χ2v) is 4.75. The highest BCUT2D eigenvalue weighted by atomic mass is 16.5. The van der Waals surface area contributed by atoms with Crippen LogP contribution in [0, 0.1) is 0 Å². The van der Waals surface area contributed by atoms with E-state index in [1.54, 1.807) is 7.11 Å². The first-order valence-electron chi connectivity index (χ1n) is 6.59. The van der Waals surface area contributed by atoms with Crippen molar-refractivity contribution in [1.29, 1.82) is 0 Å². The molecular weight excluding hydrogens is 248 g/mol. The maximum absolute atomic E-state index is 9.18. The number of hydrogen-bond acceptors (Lipinski definition) is 2. The number of methoxy groups -OCH3 is 1. The molecule has 3 aromatic carbocycles. The average molecular weight is 264 g/mol. The summed E-state index contributed by atoms with van der Waals surface area (Å²) in [5, 5.41) is 11.5. The predicted octanol–water partition coefficient (Wildman–Crippen LogP) is 4.01. The van der Waals surface area contributed by atoms with Crippen molar-refractivity contribution in [2.24, 2.45) is 0 Å². The normalized spacial score (nSPS) is 10.7. The summed E-state index contributed by atoms with van der Waals surface area (Å²) in [6.07, 6.45) is 0. The van der Waals surface area contributed by atoms with Gasteiger partial charge in [0.15, 0.2) is 0 Å². The Balaban J connectivity index is 2.13. The molecule has 0 radical (unpaired) electrons. The first-order chi connectivity index (χ1) is 9.81. The van der Waals surface area contributed by atoms with Crippen LogP contribution in [-0.4, -0.2) is 12.2 Å². The molecule has 0 saturated heterocycles. The van der Waals surface area contributed by atoms with Gasteiger partial charge in [0.05, 0.1) is 13.7 Å². The molecule has 0 amide bonds. The van der Waals surface area contributed by atoms with Crippen LogP contribution in [0.2, 0.25) is 0 Å². The summed E-state index contributed by atoms with van der Waals surface area (Å²) in [7, 11) is 1.69. The van der Waals surface area contributed by atoms with Gasteiger partial charge >= 0.3 is 0 Å². The van der Waals surface area contributed by atoms with Gasteiger partial charge in [-0.3, -0.25) is 0 Å². The van der Waals surface area contributed by atoms with E-state index >= 15 is 0 Å². The summed E-state index contributed by atoms with van der Waals surface area (Å²) in [6.45, 7) is 0.0736. The SMILES string of the molecule is COc1ccccc1-c1ccc2cc(CO)ccc2c1. The molecule has 0 saturated carbocycles. The van der Waals surface area contributed by atoms with Gasteiger partial charge in [0, 0.05) is 5.56 Å². The topological polar surface area (TPSA) is 29.5 Å². The lowest BCUT2D eigenvalue weighted by Crippen LogP contribution is -1.88. The molecule has 0 aliphatic carbocycles. The molecule has 20 heavy (non-hydrogen) atoms. The van der Waals surface area contributed by atoms with Crippen LogP contribution in [0.5, 0.6) is 5.75 Å². The monoisotopic (exact) mass is 264 g/mol. The number of benzene rings is 3. The summed E-state index contributed by atoms with van der Waals surface area (Å²) in [6, 6.07) is 20.3. The fourth-order valence-corrected chi connectivity index (χ4v) is 2.44. The van der Waals surface area contributed by atoms with E-state index in [0.717, 1.165) is 33.2 Å². The first-order valence-corrected chi connectivity index (χ1v) is 6.59. The molecule has 2 heteroatoms. The lowest BCUT2D eigenvalue weighted by molar-refractivity contribution is 0.282. The molecule has 0 aliphatic rings. The van der Waals surface area contributed by atoms with Gasteiger partial charge in [-0.2, -0.15) is 0 Å².